The quantitative estimate of drug-likeness (QED) is 0.435. The normalized spacial score (nSPS) is 13.7. The molecule has 0 aromatic heterocycles. The van der Waals surface area contributed by atoms with Gasteiger partial charge in [0.25, 0.3) is 0 Å². The summed E-state index contributed by atoms with van der Waals surface area (Å²) in [6, 6.07) is 12.5. The van der Waals surface area contributed by atoms with Crippen molar-refractivity contribution in [2.24, 2.45) is 5.92 Å². The Morgan fingerprint density at radius 3 is 2.34 bits per heavy atom. The minimum atomic E-state index is -4.03. The molecule has 0 fully saturated rings. The van der Waals surface area contributed by atoms with Crippen LogP contribution in [0.1, 0.15) is 19.4 Å². The maximum atomic E-state index is 13.3. The summed E-state index contributed by atoms with van der Waals surface area (Å²) in [5.74, 6) is -0.465. The van der Waals surface area contributed by atoms with Crippen LogP contribution < -0.4 is 10.1 Å². The maximum absolute atomic E-state index is 13.3. The molecule has 174 valence electrons. The monoisotopic (exact) mass is 462 g/mol. The molecule has 2 rings (SSSR count). The highest BCUT2D eigenvalue weighted by molar-refractivity contribution is 7.89. The molecule has 2 aromatic carbocycles. The third-order valence-electron chi connectivity index (χ3n) is 4.90. The van der Waals surface area contributed by atoms with Gasteiger partial charge in [0.2, 0.25) is 17.9 Å². The fourth-order valence-corrected chi connectivity index (χ4v) is 5.05. The van der Waals surface area contributed by atoms with Crippen molar-refractivity contribution < 1.29 is 28.2 Å². The van der Waals surface area contributed by atoms with Crippen molar-refractivity contribution in [3.8, 4) is 11.5 Å². The van der Waals surface area contributed by atoms with Crippen LogP contribution in [0.15, 0.2) is 53.4 Å². The van der Waals surface area contributed by atoms with Crippen molar-refractivity contribution in [3.05, 3.63) is 54.1 Å². The smallest absolute Gasteiger partial charge is 0.243 e. The molecular formula is C22H31BN2O6S. The number of hydrogen-bond donors (Lipinski definition) is 3. The van der Waals surface area contributed by atoms with E-state index in [1.165, 1.54) is 31.4 Å². The van der Waals surface area contributed by atoms with Gasteiger partial charge in [-0.15, -0.1) is 0 Å². The molecule has 3 N–H and O–H groups in total. The lowest BCUT2D eigenvalue weighted by atomic mass is 9.99. The van der Waals surface area contributed by atoms with Crippen LogP contribution in [0.3, 0.4) is 0 Å². The molecule has 2 atom stereocenters. The standard InChI is InChI=1S/C22H31BN2O6S/c1-15(2)13-25(32(29,30)17-9-10-21(31-3)19(26)12-17)14-20(27)18(24-22(23)28)11-16-7-5-4-6-8-16/h4-10,12,15,18,20,26-27H,11,13-14,23H2,1-3H3,(H,24,28)/t18-,20+/m0/s1. The van der Waals surface area contributed by atoms with Gasteiger partial charge in [-0.25, -0.2) is 8.42 Å². The van der Waals surface area contributed by atoms with E-state index in [1.807, 2.05) is 44.2 Å². The van der Waals surface area contributed by atoms with Crippen LogP contribution in [-0.4, -0.2) is 68.9 Å². The van der Waals surface area contributed by atoms with E-state index in [-0.39, 0.29) is 41.2 Å². The highest BCUT2D eigenvalue weighted by atomic mass is 32.2. The number of phenolic OH excluding ortho intramolecular Hbond substituents is 1. The first-order valence-electron chi connectivity index (χ1n) is 10.4. The van der Waals surface area contributed by atoms with Gasteiger partial charge in [-0.3, -0.25) is 4.79 Å². The largest absolute Gasteiger partial charge is 0.504 e. The van der Waals surface area contributed by atoms with E-state index in [4.69, 9.17) is 4.74 Å². The second-order valence-electron chi connectivity index (χ2n) is 8.11. The zero-order chi connectivity index (χ0) is 23.9. The summed E-state index contributed by atoms with van der Waals surface area (Å²) in [6.45, 7) is 3.68. The summed E-state index contributed by atoms with van der Waals surface area (Å²) in [5, 5.41) is 23.7. The average Bonchev–Trinajstić information content (AvgIpc) is 2.72. The van der Waals surface area contributed by atoms with Crippen LogP contribution in [0, 0.1) is 5.92 Å². The molecule has 10 heteroatoms. The molecule has 0 aliphatic heterocycles. The van der Waals surface area contributed by atoms with Crippen LogP contribution >= 0.6 is 0 Å². The van der Waals surface area contributed by atoms with Gasteiger partial charge in [-0.2, -0.15) is 4.31 Å². The lowest BCUT2D eigenvalue weighted by molar-refractivity contribution is 0.106. The first-order valence-corrected chi connectivity index (χ1v) is 11.8. The van der Waals surface area contributed by atoms with Crippen molar-refractivity contribution in [2.75, 3.05) is 20.2 Å². The molecule has 2 aromatic rings. The van der Waals surface area contributed by atoms with Crippen LogP contribution in [-0.2, 0) is 16.4 Å². The molecule has 0 saturated carbocycles. The molecule has 0 radical (unpaired) electrons. The van der Waals surface area contributed by atoms with Crippen molar-refractivity contribution in [3.63, 3.8) is 0 Å². The fraction of sp³-hybridized carbons (Fsp3) is 0.409. The Morgan fingerprint density at radius 2 is 1.81 bits per heavy atom. The number of carbonyl (C=O) groups excluding carboxylic acids is 1. The SMILES string of the molecule is BC(=O)N[C@@H](Cc1ccccc1)[C@H](O)CN(CC(C)C)S(=O)(=O)c1ccc(OC)c(O)c1. The zero-order valence-electron chi connectivity index (χ0n) is 18.9. The second kappa shape index (κ2) is 11.4. The van der Waals surface area contributed by atoms with Crippen LogP contribution in [0.4, 0.5) is 4.79 Å². The molecule has 0 heterocycles. The van der Waals surface area contributed by atoms with Crippen molar-refractivity contribution in [1.82, 2.24) is 9.62 Å². The highest BCUT2D eigenvalue weighted by Crippen LogP contribution is 2.30. The van der Waals surface area contributed by atoms with Gasteiger partial charge in [-0.05, 0) is 30.0 Å². The third-order valence-corrected chi connectivity index (χ3v) is 6.73. The van der Waals surface area contributed by atoms with Gasteiger partial charge in [0.1, 0.15) is 0 Å². The molecule has 0 aliphatic rings. The molecule has 1 amide bonds. The number of nitrogens with zero attached hydrogens (tertiary/aromatic N) is 1. The zero-order valence-corrected chi connectivity index (χ0v) is 19.7. The Morgan fingerprint density at radius 1 is 1.16 bits per heavy atom. The van der Waals surface area contributed by atoms with E-state index < -0.39 is 22.2 Å². The van der Waals surface area contributed by atoms with Crippen molar-refractivity contribution in [2.45, 2.75) is 37.3 Å². The number of ether oxygens (including phenoxy) is 1. The van der Waals surface area contributed by atoms with Gasteiger partial charge in [0, 0.05) is 19.2 Å². The van der Waals surface area contributed by atoms with Gasteiger partial charge in [-0.1, -0.05) is 44.2 Å². The fourth-order valence-electron chi connectivity index (χ4n) is 3.41. The minimum Gasteiger partial charge on any atom is -0.504 e. The Balaban J connectivity index is 2.32. The predicted molar refractivity (Wildman–Crippen MR) is 125 cm³/mol. The van der Waals surface area contributed by atoms with E-state index in [0.29, 0.717) is 6.42 Å². The van der Waals surface area contributed by atoms with Crippen LogP contribution in [0.5, 0.6) is 11.5 Å². The van der Waals surface area contributed by atoms with E-state index in [2.05, 4.69) is 5.32 Å². The summed E-state index contributed by atoms with van der Waals surface area (Å²) < 4.78 is 32.8. The van der Waals surface area contributed by atoms with E-state index >= 15 is 0 Å². The van der Waals surface area contributed by atoms with E-state index in [0.717, 1.165) is 11.6 Å². The molecule has 0 aliphatic carbocycles. The Bertz CT molecular complexity index is 1000. The van der Waals surface area contributed by atoms with Gasteiger partial charge >= 0.3 is 0 Å². The lowest BCUT2D eigenvalue weighted by Gasteiger charge is -2.30. The van der Waals surface area contributed by atoms with Crippen LogP contribution in [0.25, 0.3) is 0 Å². The summed E-state index contributed by atoms with van der Waals surface area (Å²) in [6.07, 6.45) is -0.806. The molecule has 8 nitrogen and oxygen atoms in total. The Kier molecular flexibility index (Phi) is 9.12. The van der Waals surface area contributed by atoms with Gasteiger partial charge < -0.3 is 20.3 Å². The van der Waals surface area contributed by atoms with E-state index in [1.54, 1.807) is 0 Å². The molecular weight excluding hydrogens is 431 g/mol. The number of aliphatic hydroxyl groups is 1. The number of rotatable bonds is 11. The topological polar surface area (TPSA) is 116 Å². The van der Waals surface area contributed by atoms with Gasteiger partial charge in [0.15, 0.2) is 17.3 Å². The Labute approximate surface area is 190 Å². The summed E-state index contributed by atoms with van der Waals surface area (Å²) in [7, 11) is -1.30. The van der Waals surface area contributed by atoms with Gasteiger partial charge in [0.05, 0.1) is 24.2 Å². The average molecular weight is 462 g/mol. The van der Waals surface area contributed by atoms with Crippen molar-refractivity contribution >= 4 is 23.7 Å². The number of amides is 1. The lowest BCUT2D eigenvalue weighted by Crippen LogP contribution is -2.50. The summed E-state index contributed by atoms with van der Waals surface area (Å²) in [5.41, 5.74) is 0.906. The first kappa shape index (κ1) is 25.7. The number of aromatic hydroxyl groups is 1. The highest BCUT2D eigenvalue weighted by Gasteiger charge is 2.31. The number of hydrogen-bond acceptors (Lipinski definition) is 6. The number of aliphatic hydroxyl groups excluding tert-OH is 1. The molecule has 0 saturated heterocycles. The third kappa shape index (κ3) is 6.98. The maximum Gasteiger partial charge on any atom is 0.243 e. The summed E-state index contributed by atoms with van der Waals surface area (Å²) >= 11 is 0. The second-order valence-corrected chi connectivity index (χ2v) is 10.1. The van der Waals surface area contributed by atoms with Crippen molar-refractivity contribution in [1.29, 1.82) is 0 Å². The molecule has 0 spiro atoms. The predicted octanol–water partition coefficient (Wildman–Crippen LogP) is 1.36. The Hall–Kier alpha value is -2.56. The number of phenols is 1. The number of benzene rings is 2. The minimum absolute atomic E-state index is 0.0165. The molecule has 0 bridgehead atoms. The number of sulfonamides is 1. The number of carbonyl (C=O) groups is 1. The van der Waals surface area contributed by atoms with Crippen LogP contribution in [0.2, 0.25) is 0 Å². The number of methoxy groups -OCH3 is 1. The summed E-state index contributed by atoms with van der Waals surface area (Å²) in [4.78, 5) is 11.6. The van der Waals surface area contributed by atoms with E-state index in [9.17, 15) is 23.4 Å². The first-order chi connectivity index (χ1) is 15.0. The molecule has 0 unspecified atom stereocenters. The number of nitrogens with one attached hydrogen (secondary N) is 1. The molecule has 32 heavy (non-hydrogen) atoms.